The van der Waals surface area contributed by atoms with Crippen molar-refractivity contribution in [3.05, 3.63) is 0 Å². The fourth-order valence-electron chi connectivity index (χ4n) is 2.70. The summed E-state index contributed by atoms with van der Waals surface area (Å²) in [4.78, 5) is 28.6. The Morgan fingerprint density at radius 2 is 1.84 bits per heavy atom. The predicted molar refractivity (Wildman–Crippen MR) is 67.8 cm³/mol. The molecule has 0 aromatic heterocycles. The summed E-state index contributed by atoms with van der Waals surface area (Å²) in [5.41, 5.74) is 0. The molecule has 2 rings (SSSR count). The van der Waals surface area contributed by atoms with Gasteiger partial charge in [-0.2, -0.15) is 0 Å². The van der Waals surface area contributed by atoms with E-state index in [0.717, 1.165) is 19.6 Å². The summed E-state index contributed by atoms with van der Waals surface area (Å²) in [5.74, 6) is -1.04. The molecule has 0 aromatic carbocycles. The molecular formula is C12H21N3O4. The summed E-state index contributed by atoms with van der Waals surface area (Å²) in [5, 5.41) is 18.7. The standard InChI is InChI=1S/C12H21N3O4/c1-2-13-3-5-14(6-4-13)12(19)15-8-9(16)7-10(15)11(17)18/h9-10,16H,2-8H2,1H3,(H,17,18)/t9-,10-/m1/s1. The highest BCUT2D eigenvalue weighted by atomic mass is 16.4. The fourth-order valence-corrected chi connectivity index (χ4v) is 2.70. The highest BCUT2D eigenvalue weighted by Gasteiger charge is 2.40. The molecule has 0 bridgehead atoms. The van der Waals surface area contributed by atoms with Crippen LogP contribution in [0.4, 0.5) is 4.79 Å². The Hall–Kier alpha value is -1.34. The number of hydrogen-bond donors (Lipinski definition) is 2. The Morgan fingerprint density at radius 3 is 2.37 bits per heavy atom. The largest absolute Gasteiger partial charge is 0.480 e. The van der Waals surface area contributed by atoms with Crippen LogP contribution < -0.4 is 0 Å². The lowest BCUT2D eigenvalue weighted by Gasteiger charge is -2.37. The Bertz CT molecular complexity index is 355. The van der Waals surface area contributed by atoms with Crippen molar-refractivity contribution < 1.29 is 19.8 Å². The molecule has 2 aliphatic rings. The number of amides is 2. The number of likely N-dealkylation sites (tertiary alicyclic amines) is 1. The summed E-state index contributed by atoms with van der Waals surface area (Å²) < 4.78 is 0. The predicted octanol–water partition coefficient (Wildman–Crippen LogP) is -0.736. The van der Waals surface area contributed by atoms with Gasteiger partial charge in [0.25, 0.3) is 0 Å². The lowest BCUT2D eigenvalue weighted by Crippen LogP contribution is -2.54. The Kier molecular flexibility index (Phi) is 4.26. The van der Waals surface area contributed by atoms with Crippen molar-refractivity contribution in [2.45, 2.75) is 25.5 Å². The molecule has 7 heteroatoms. The Labute approximate surface area is 112 Å². The Balaban J connectivity index is 1.97. The summed E-state index contributed by atoms with van der Waals surface area (Å²) in [6.07, 6.45) is -0.613. The van der Waals surface area contributed by atoms with Crippen molar-refractivity contribution in [2.75, 3.05) is 39.3 Å². The number of aliphatic carboxylic acids is 1. The van der Waals surface area contributed by atoms with E-state index in [1.807, 2.05) is 0 Å². The van der Waals surface area contributed by atoms with Gasteiger partial charge in [0, 0.05) is 39.1 Å². The fraction of sp³-hybridized carbons (Fsp3) is 0.833. The molecule has 0 aromatic rings. The molecule has 2 amide bonds. The van der Waals surface area contributed by atoms with Crippen LogP contribution in [0.25, 0.3) is 0 Å². The van der Waals surface area contributed by atoms with Crippen molar-refractivity contribution in [1.82, 2.24) is 14.7 Å². The number of hydrogen-bond acceptors (Lipinski definition) is 4. The molecule has 0 aliphatic carbocycles. The van der Waals surface area contributed by atoms with Gasteiger partial charge < -0.3 is 24.9 Å². The van der Waals surface area contributed by atoms with Gasteiger partial charge >= 0.3 is 12.0 Å². The molecule has 2 aliphatic heterocycles. The average Bonchev–Trinajstić information content (AvgIpc) is 2.80. The third-order valence-electron chi connectivity index (χ3n) is 3.90. The van der Waals surface area contributed by atoms with Gasteiger partial charge in [0.15, 0.2) is 0 Å². The quantitative estimate of drug-likeness (QED) is 0.691. The first kappa shape index (κ1) is 14.1. The molecule has 0 unspecified atom stereocenters. The number of aliphatic hydroxyl groups excluding tert-OH is 1. The second-order valence-electron chi connectivity index (χ2n) is 5.10. The molecule has 108 valence electrons. The number of piperazine rings is 1. The van der Waals surface area contributed by atoms with E-state index < -0.39 is 18.1 Å². The van der Waals surface area contributed by atoms with Crippen LogP contribution in [0.2, 0.25) is 0 Å². The number of nitrogens with zero attached hydrogens (tertiary/aromatic N) is 3. The Morgan fingerprint density at radius 1 is 1.21 bits per heavy atom. The van der Waals surface area contributed by atoms with E-state index in [1.165, 1.54) is 4.90 Å². The van der Waals surface area contributed by atoms with Crippen molar-refractivity contribution in [1.29, 1.82) is 0 Å². The smallest absolute Gasteiger partial charge is 0.326 e. The van der Waals surface area contributed by atoms with Crippen LogP contribution in [0.1, 0.15) is 13.3 Å². The maximum absolute atomic E-state index is 12.3. The zero-order valence-electron chi connectivity index (χ0n) is 11.2. The maximum Gasteiger partial charge on any atom is 0.326 e. The molecule has 2 atom stereocenters. The third kappa shape index (κ3) is 2.98. The van der Waals surface area contributed by atoms with Gasteiger partial charge in [0.05, 0.1) is 6.10 Å². The molecule has 2 N–H and O–H groups in total. The van der Waals surface area contributed by atoms with Gasteiger partial charge in [-0.25, -0.2) is 9.59 Å². The van der Waals surface area contributed by atoms with Crippen molar-refractivity contribution in [3.63, 3.8) is 0 Å². The number of carbonyl (C=O) groups excluding carboxylic acids is 1. The summed E-state index contributed by atoms with van der Waals surface area (Å²) in [7, 11) is 0. The van der Waals surface area contributed by atoms with E-state index in [9.17, 15) is 14.7 Å². The SMILES string of the molecule is CCN1CCN(C(=O)N2C[C@H](O)C[C@@H]2C(=O)O)CC1. The molecule has 0 spiro atoms. The van der Waals surface area contributed by atoms with Gasteiger partial charge in [-0.05, 0) is 6.54 Å². The number of carboxylic acids is 1. The molecule has 7 nitrogen and oxygen atoms in total. The lowest BCUT2D eigenvalue weighted by atomic mass is 10.2. The molecular weight excluding hydrogens is 250 g/mol. The van der Waals surface area contributed by atoms with Crippen molar-refractivity contribution in [3.8, 4) is 0 Å². The van der Waals surface area contributed by atoms with E-state index in [4.69, 9.17) is 5.11 Å². The monoisotopic (exact) mass is 271 g/mol. The second kappa shape index (κ2) is 5.75. The molecule has 2 fully saturated rings. The zero-order chi connectivity index (χ0) is 14.0. The number of carbonyl (C=O) groups is 2. The first-order valence-corrected chi connectivity index (χ1v) is 6.71. The average molecular weight is 271 g/mol. The molecule has 2 heterocycles. The van der Waals surface area contributed by atoms with E-state index in [0.29, 0.717) is 13.1 Å². The zero-order valence-corrected chi connectivity index (χ0v) is 11.2. The van der Waals surface area contributed by atoms with E-state index in [1.54, 1.807) is 4.90 Å². The minimum Gasteiger partial charge on any atom is -0.480 e. The van der Waals surface area contributed by atoms with E-state index in [2.05, 4.69) is 11.8 Å². The maximum atomic E-state index is 12.3. The van der Waals surface area contributed by atoms with Crippen LogP contribution in [-0.4, -0.2) is 88.3 Å². The van der Waals surface area contributed by atoms with E-state index in [-0.39, 0.29) is 19.0 Å². The van der Waals surface area contributed by atoms with Crippen LogP contribution in [-0.2, 0) is 4.79 Å². The summed E-state index contributed by atoms with van der Waals surface area (Å²) >= 11 is 0. The van der Waals surface area contributed by atoms with E-state index >= 15 is 0 Å². The van der Waals surface area contributed by atoms with Crippen molar-refractivity contribution in [2.24, 2.45) is 0 Å². The minimum atomic E-state index is -1.04. The summed E-state index contributed by atoms with van der Waals surface area (Å²) in [6, 6.07) is -1.16. The highest BCUT2D eigenvalue weighted by Crippen LogP contribution is 2.20. The van der Waals surface area contributed by atoms with Crippen molar-refractivity contribution >= 4 is 12.0 Å². The number of aliphatic hydroxyl groups is 1. The molecule has 0 saturated carbocycles. The van der Waals surface area contributed by atoms with Gasteiger partial charge in [-0.1, -0.05) is 6.92 Å². The second-order valence-corrected chi connectivity index (χ2v) is 5.10. The van der Waals surface area contributed by atoms with Gasteiger partial charge in [0.1, 0.15) is 6.04 Å². The minimum absolute atomic E-state index is 0.115. The molecule has 2 saturated heterocycles. The lowest BCUT2D eigenvalue weighted by molar-refractivity contribution is -0.141. The van der Waals surface area contributed by atoms with Crippen LogP contribution in [0.3, 0.4) is 0 Å². The number of urea groups is 1. The normalized spacial score (nSPS) is 28.7. The topological polar surface area (TPSA) is 84.3 Å². The van der Waals surface area contributed by atoms with Gasteiger partial charge in [-0.15, -0.1) is 0 Å². The first-order valence-electron chi connectivity index (χ1n) is 6.71. The molecule has 0 radical (unpaired) electrons. The number of rotatable bonds is 2. The van der Waals surface area contributed by atoms with Gasteiger partial charge in [-0.3, -0.25) is 0 Å². The highest BCUT2D eigenvalue weighted by molar-refractivity contribution is 5.83. The van der Waals surface area contributed by atoms with Crippen LogP contribution in [0.15, 0.2) is 0 Å². The summed E-state index contributed by atoms with van der Waals surface area (Å²) in [6.45, 7) is 6.02. The van der Waals surface area contributed by atoms with Crippen LogP contribution >= 0.6 is 0 Å². The van der Waals surface area contributed by atoms with Gasteiger partial charge in [0.2, 0.25) is 0 Å². The molecule has 19 heavy (non-hydrogen) atoms. The number of likely N-dealkylation sites (N-methyl/N-ethyl adjacent to an activating group) is 1. The van der Waals surface area contributed by atoms with Crippen LogP contribution in [0, 0.1) is 0 Å². The third-order valence-corrected chi connectivity index (χ3v) is 3.90. The number of β-amino-alcohol motifs (C(OH)–C–C–N with tert-alkyl or cyclic N) is 1. The van der Waals surface area contributed by atoms with Crippen LogP contribution in [0.5, 0.6) is 0 Å². The number of carboxylic acid groups (broad SMARTS) is 1. The first-order chi connectivity index (χ1) is 9.02.